The van der Waals surface area contributed by atoms with Crippen LogP contribution in [-0.4, -0.2) is 11.5 Å². The van der Waals surface area contributed by atoms with Crippen molar-refractivity contribution in [1.29, 1.82) is 0 Å². The molecule has 0 bridgehead atoms. The average molecular weight is 251 g/mol. The first-order valence-electron chi connectivity index (χ1n) is 4.54. The number of halogens is 1. The Kier molecular flexibility index (Phi) is 2.79. The van der Waals surface area contributed by atoms with Gasteiger partial charge in [-0.25, -0.2) is 0 Å². The molecule has 2 aromatic rings. The zero-order valence-electron chi connectivity index (χ0n) is 7.70. The van der Waals surface area contributed by atoms with E-state index in [2.05, 4.69) is 33.0 Å². The monoisotopic (exact) mass is 250 g/mol. The Morgan fingerprint density at radius 2 is 2.14 bits per heavy atom. The topological polar surface area (TPSA) is 38.9 Å². The summed E-state index contributed by atoms with van der Waals surface area (Å²) in [7, 11) is 0. The maximum absolute atomic E-state index is 5.54. The standard InChI is InChI=1S/C11H11BrN2/c12-9-2-1-8-4-6-14-11(3-5-13)10(8)7-9/h1-2,4,6-7H,3,5,13H2. The number of nitrogens with two attached hydrogens (primary N) is 1. The first kappa shape index (κ1) is 9.62. The molecule has 72 valence electrons. The highest BCUT2D eigenvalue weighted by atomic mass is 79.9. The molecule has 0 atom stereocenters. The molecule has 0 fully saturated rings. The van der Waals surface area contributed by atoms with Gasteiger partial charge in [0.05, 0.1) is 0 Å². The first-order chi connectivity index (χ1) is 6.81. The van der Waals surface area contributed by atoms with Crippen LogP contribution in [0.1, 0.15) is 5.69 Å². The Morgan fingerprint density at radius 3 is 2.93 bits per heavy atom. The second kappa shape index (κ2) is 4.07. The summed E-state index contributed by atoms with van der Waals surface area (Å²) in [6, 6.07) is 8.23. The molecule has 2 N–H and O–H groups in total. The van der Waals surface area contributed by atoms with Crippen molar-refractivity contribution in [2.45, 2.75) is 6.42 Å². The Bertz CT molecular complexity index is 454. The minimum absolute atomic E-state index is 0.638. The van der Waals surface area contributed by atoms with Gasteiger partial charge in [-0.05, 0) is 30.1 Å². The fourth-order valence-electron chi connectivity index (χ4n) is 1.54. The summed E-state index contributed by atoms with van der Waals surface area (Å²) >= 11 is 3.46. The molecule has 0 unspecified atom stereocenters. The third-order valence-electron chi connectivity index (χ3n) is 2.19. The zero-order chi connectivity index (χ0) is 9.97. The van der Waals surface area contributed by atoms with Crippen LogP contribution in [0.4, 0.5) is 0 Å². The number of hydrogen-bond acceptors (Lipinski definition) is 2. The highest BCUT2D eigenvalue weighted by molar-refractivity contribution is 9.10. The molecular weight excluding hydrogens is 240 g/mol. The quantitative estimate of drug-likeness (QED) is 0.890. The Balaban J connectivity index is 2.64. The number of rotatable bonds is 2. The Morgan fingerprint density at radius 1 is 1.29 bits per heavy atom. The normalized spacial score (nSPS) is 10.7. The lowest BCUT2D eigenvalue weighted by Crippen LogP contribution is -2.04. The van der Waals surface area contributed by atoms with Crippen LogP contribution in [0.15, 0.2) is 34.9 Å². The number of hydrogen-bond donors (Lipinski definition) is 1. The molecule has 1 aromatic heterocycles. The van der Waals surface area contributed by atoms with Gasteiger partial charge in [-0.2, -0.15) is 0 Å². The predicted molar refractivity (Wildman–Crippen MR) is 62.2 cm³/mol. The molecule has 0 radical (unpaired) electrons. The van der Waals surface area contributed by atoms with Crippen molar-refractivity contribution in [3.8, 4) is 0 Å². The summed E-state index contributed by atoms with van der Waals surface area (Å²) in [5, 5.41) is 2.40. The third-order valence-corrected chi connectivity index (χ3v) is 2.69. The third kappa shape index (κ3) is 1.79. The van der Waals surface area contributed by atoms with Crippen LogP contribution in [0.2, 0.25) is 0 Å². The van der Waals surface area contributed by atoms with E-state index >= 15 is 0 Å². The van der Waals surface area contributed by atoms with E-state index < -0.39 is 0 Å². The summed E-state index contributed by atoms with van der Waals surface area (Å²) in [6.07, 6.45) is 2.66. The van der Waals surface area contributed by atoms with Crippen LogP contribution in [0.5, 0.6) is 0 Å². The van der Waals surface area contributed by atoms with Gasteiger partial charge in [-0.1, -0.05) is 22.0 Å². The number of fused-ring (bicyclic) bond motifs is 1. The second-order valence-corrected chi connectivity index (χ2v) is 4.08. The Hall–Kier alpha value is -0.930. The molecule has 2 nitrogen and oxygen atoms in total. The van der Waals surface area contributed by atoms with E-state index in [4.69, 9.17) is 5.73 Å². The van der Waals surface area contributed by atoms with Gasteiger partial charge in [-0.3, -0.25) is 4.98 Å². The van der Waals surface area contributed by atoms with Gasteiger partial charge in [0, 0.05) is 28.2 Å². The predicted octanol–water partition coefficient (Wildman–Crippen LogP) is 2.50. The lowest BCUT2D eigenvalue weighted by atomic mass is 10.1. The van der Waals surface area contributed by atoms with Gasteiger partial charge >= 0.3 is 0 Å². The molecule has 0 saturated heterocycles. The van der Waals surface area contributed by atoms with E-state index in [-0.39, 0.29) is 0 Å². The number of aromatic nitrogens is 1. The molecule has 0 spiro atoms. The minimum Gasteiger partial charge on any atom is -0.330 e. The largest absolute Gasteiger partial charge is 0.330 e. The lowest BCUT2D eigenvalue weighted by Gasteiger charge is -2.04. The van der Waals surface area contributed by atoms with Crippen LogP contribution in [0.25, 0.3) is 10.8 Å². The lowest BCUT2D eigenvalue weighted by molar-refractivity contribution is 0.935. The molecule has 3 heteroatoms. The Labute approximate surface area is 91.3 Å². The molecular formula is C11H11BrN2. The maximum Gasteiger partial charge on any atom is 0.0494 e. The van der Waals surface area contributed by atoms with Gasteiger partial charge in [0.2, 0.25) is 0 Å². The molecule has 1 aromatic carbocycles. The highest BCUT2D eigenvalue weighted by Gasteiger charge is 2.01. The molecule has 2 rings (SSSR count). The molecule has 14 heavy (non-hydrogen) atoms. The van der Waals surface area contributed by atoms with Crippen molar-refractivity contribution in [1.82, 2.24) is 4.98 Å². The van der Waals surface area contributed by atoms with Crippen LogP contribution in [0, 0.1) is 0 Å². The summed E-state index contributed by atoms with van der Waals surface area (Å²) < 4.78 is 1.08. The summed E-state index contributed by atoms with van der Waals surface area (Å²) in [4.78, 5) is 4.34. The summed E-state index contributed by atoms with van der Waals surface area (Å²) in [5.41, 5.74) is 6.61. The first-order valence-corrected chi connectivity index (χ1v) is 5.34. The van der Waals surface area contributed by atoms with Gasteiger partial charge in [-0.15, -0.1) is 0 Å². The molecule has 0 amide bonds. The van der Waals surface area contributed by atoms with Crippen LogP contribution in [0.3, 0.4) is 0 Å². The van der Waals surface area contributed by atoms with Gasteiger partial charge < -0.3 is 5.73 Å². The van der Waals surface area contributed by atoms with Gasteiger partial charge in [0.25, 0.3) is 0 Å². The van der Waals surface area contributed by atoms with Crippen molar-refractivity contribution in [3.05, 3.63) is 40.6 Å². The minimum atomic E-state index is 0.638. The summed E-state index contributed by atoms with van der Waals surface area (Å²) in [5.74, 6) is 0. The SMILES string of the molecule is NCCc1nccc2ccc(Br)cc12. The second-order valence-electron chi connectivity index (χ2n) is 3.16. The van der Waals surface area contributed by atoms with Crippen molar-refractivity contribution in [3.63, 3.8) is 0 Å². The number of pyridine rings is 1. The maximum atomic E-state index is 5.54. The van der Waals surface area contributed by atoms with Crippen molar-refractivity contribution in [2.24, 2.45) is 5.73 Å². The van der Waals surface area contributed by atoms with E-state index in [1.54, 1.807) is 0 Å². The average Bonchev–Trinajstić information content (AvgIpc) is 2.19. The fourth-order valence-corrected chi connectivity index (χ4v) is 1.90. The van der Waals surface area contributed by atoms with E-state index in [9.17, 15) is 0 Å². The molecule has 0 aliphatic carbocycles. The van der Waals surface area contributed by atoms with Crippen molar-refractivity contribution in [2.75, 3.05) is 6.54 Å². The summed E-state index contributed by atoms with van der Waals surface area (Å²) in [6.45, 7) is 0.638. The smallest absolute Gasteiger partial charge is 0.0494 e. The molecule has 0 aliphatic rings. The van der Waals surface area contributed by atoms with E-state index in [0.29, 0.717) is 6.54 Å². The molecule has 0 aliphatic heterocycles. The number of benzene rings is 1. The van der Waals surface area contributed by atoms with Crippen LogP contribution in [-0.2, 0) is 6.42 Å². The van der Waals surface area contributed by atoms with Gasteiger partial charge in [0.1, 0.15) is 0 Å². The molecule has 0 saturated carbocycles. The van der Waals surface area contributed by atoms with E-state index in [0.717, 1.165) is 16.6 Å². The van der Waals surface area contributed by atoms with Crippen LogP contribution < -0.4 is 5.73 Å². The zero-order valence-corrected chi connectivity index (χ0v) is 9.29. The van der Waals surface area contributed by atoms with Gasteiger partial charge in [0.15, 0.2) is 0 Å². The highest BCUT2D eigenvalue weighted by Crippen LogP contribution is 2.21. The van der Waals surface area contributed by atoms with E-state index in [1.807, 2.05) is 18.3 Å². The number of nitrogens with zero attached hydrogens (tertiary/aromatic N) is 1. The van der Waals surface area contributed by atoms with Crippen LogP contribution >= 0.6 is 15.9 Å². The van der Waals surface area contributed by atoms with Crippen molar-refractivity contribution < 1.29 is 0 Å². The van der Waals surface area contributed by atoms with Crippen molar-refractivity contribution >= 4 is 26.7 Å². The fraction of sp³-hybridized carbons (Fsp3) is 0.182. The molecule has 1 heterocycles. The van der Waals surface area contributed by atoms with E-state index in [1.165, 1.54) is 10.8 Å².